The lowest BCUT2D eigenvalue weighted by Gasteiger charge is -2.37. The van der Waals surface area contributed by atoms with E-state index < -0.39 is 49.8 Å². The Morgan fingerprint density at radius 2 is 1.92 bits per heavy atom. The number of benzene rings is 1. The number of carbonyl (C=O) groups is 3. The Labute approximate surface area is 292 Å². The first-order valence-electron chi connectivity index (χ1n) is 18.2. The van der Waals surface area contributed by atoms with Crippen LogP contribution in [0.15, 0.2) is 30.4 Å². The summed E-state index contributed by atoms with van der Waals surface area (Å²) in [6.07, 6.45) is 12.5. The Kier molecular flexibility index (Phi) is 7.98. The molecule has 13 heteroatoms. The number of pyridine rings is 1. The molecular weight excluding hydrogens is 659 g/mol. The summed E-state index contributed by atoms with van der Waals surface area (Å²) in [7, 11) is -2.29. The van der Waals surface area contributed by atoms with E-state index in [1.807, 2.05) is 30.4 Å². The third-order valence-corrected chi connectivity index (χ3v) is 14.2. The molecule has 2 aromatic rings. The van der Waals surface area contributed by atoms with Crippen LogP contribution < -0.4 is 25.2 Å². The normalized spacial score (nSPS) is 32.8. The number of methoxy groups -OCH3 is 1. The lowest BCUT2D eigenvalue weighted by Crippen LogP contribution is -2.58. The average Bonchev–Trinajstić information content (AvgIpc) is 4.03. The van der Waals surface area contributed by atoms with E-state index in [0.717, 1.165) is 72.2 Å². The number of nitrogens with one attached hydrogen (secondary N) is 2. The van der Waals surface area contributed by atoms with E-state index in [1.165, 1.54) is 0 Å². The first-order chi connectivity index (χ1) is 23.9. The molecule has 0 radical (unpaired) electrons. The number of hydrogen-bond acceptors (Lipinski definition) is 9. The summed E-state index contributed by atoms with van der Waals surface area (Å²) in [5, 5.41) is 3.94. The van der Waals surface area contributed by atoms with Crippen LogP contribution in [0.25, 0.3) is 10.9 Å². The summed E-state index contributed by atoms with van der Waals surface area (Å²) < 4.78 is 40.1. The molecule has 3 aliphatic heterocycles. The fraction of sp³-hybridized carbons (Fsp3) is 0.622. The molecule has 8 rings (SSSR count). The van der Waals surface area contributed by atoms with E-state index in [1.54, 1.807) is 18.9 Å². The number of aromatic nitrogens is 1. The number of allylic oxidation sites excluding steroid dienone is 1. The van der Waals surface area contributed by atoms with Gasteiger partial charge in [0.25, 0.3) is 5.91 Å². The van der Waals surface area contributed by atoms with Crippen LogP contribution in [0.4, 0.5) is 0 Å². The molecule has 0 unspecified atom stereocenters. The minimum atomic E-state index is -3.93. The first-order valence-corrected chi connectivity index (χ1v) is 19.7. The van der Waals surface area contributed by atoms with E-state index in [-0.39, 0.29) is 31.2 Å². The lowest BCUT2D eigenvalue weighted by atomic mass is 9.86. The van der Waals surface area contributed by atoms with E-state index in [9.17, 15) is 22.8 Å². The summed E-state index contributed by atoms with van der Waals surface area (Å²) in [5.41, 5.74) is 7.09. The largest absolute Gasteiger partial charge is 0.497 e. The van der Waals surface area contributed by atoms with Crippen LogP contribution in [0.3, 0.4) is 0 Å². The maximum Gasteiger partial charge on any atom is 0.259 e. The third kappa shape index (κ3) is 5.74. The number of fused-ring (bicyclic) bond motifs is 5. The number of nitrogens with two attached hydrogens (primary N) is 1. The van der Waals surface area contributed by atoms with Gasteiger partial charge in [-0.05, 0) is 89.3 Å². The second-order valence-corrected chi connectivity index (χ2v) is 18.0. The van der Waals surface area contributed by atoms with Crippen molar-refractivity contribution < 1.29 is 32.3 Å². The monoisotopic (exact) mass is 705 g/mol. The highest BCUT2D eigenvalue weighted by atomic mass is 32.2. The molecule has 1 aromatic carbocycles. The molecule has 4 N–H and O–H groups in total. The van der Waals surface area contributed by atoms with Crippen molar-refractivity contribution in [3.05, 3.63) is 41.6 Å². The zero-order valence-corrected chi connectivity index (χ0v) is 29.6. The highest BCUT2D eigenvalue weighted by Crippen LogP contribution is 2.52. The lowest BCUT2D eigenvalue weighted by molar-refractivity contribution is -0.140. The average molecular weight is 706 g/mol. The summed E-state index contributed by atoms with van der Waals surface area (Å²) in [6, 6.07) is 4.14. The number of aryl methyl sites for hydroxylation is 1. The molecule has 3 aliphatic carbocycles. The van der Waals surface area contributed by atoms with Gasteiger partial charge < -0.3 is 25.4 Å². The van der Waals surface area contributed by atoms with Gasteiger partial charge in [0.2, 0.25) is 21.8 Å². The van der Waals surface area contributed by atoms with E-state index in [2.05, 4.69) is 10.0 Å². The minimum absolute atomic E-state index is 0.173. The maximum absolute atomic E-state index is 14.4. The van der Waals surface area contributed by atoms with Crippen molar-refractivity contribution in [1.29, 1.82) is 0 Å². The van der Waals surface area contributed by atoms with Crippen molar-refractivity contribution in [3.8, 4) is 11.5 Å². The van der Waals surface area contributed by atoms with Crippen LogP contribution in [-0.4, -0.2) is 77.6 Å². The van der Waals surface area contributed by atoms with Crippen molar-refractivity contribution in [2.45, 2.75) is 124 Å². The molecule has 1 spiro atoms. The van der Waals surface area contributed by atoms with Crippen LogP contribution in [0.2, 0.25) is 0 Å². The summed E-state index contributed by atoms with van der Waals surface area (Å²) in [6.45, 7) is 1.79. The molecule has 0 bridgehead atoms. The molecule has 3 saturated carbocycles. The molecule has 6 aliphatic rings. The topological polar surface area (TPSA) is 170 Å². The molecule has 4 fully saturated rings. The van der Waals surface area contributed by atoms with Gasteiger partial charge in [-0.2, -0.15) is 0 Å². The molecule has 268 valence electrons. The molecule has 50 heavy (non-hydrogen) atoms. The predicted octanol–water partition coefficient (Wildman–Crippen LogP) is 3.51. The zero-order valence-electron chi connectivity index (χ0n) is 28.8. The number of hydrogen-bond donors (Lipinski definition) is 3. The Morgan fingerprint density at radius 3 is 2.66 bits per heavy atom. The number of sulfonamides is 1. The van der Waals surface area contributed by atoms with Gasteiger partial charge >= 0.3 is 0 Å². The van der Waals surface area contributed by atoms with Crippen LogP contribution >= 0.6 is 0 Å². The second kappa shape index (κ2) is 11.9. The number of carbonyl (C=O) groups excluding carboxylic acids is 3. The van der Waals surface area contributed by atoms with Crippen molar-refractivity contribution in [2.75, 3.05) is 13.7 Å². The fourth-order valence-electron chi connectivity index (χ4n) is 8.19. The second-order valence-electron chi connectivity index (χ2n) is 15.8. The summed E-state index contributed by atoms with van der Waals surface area (Å²) >= 11 is 0. The van der Waals surface area contributed by atoms with Gasteiger partial charge in [0.15, 0.2) is 0 Å². The van der Waals surface area contributed by atoms with E-state index in [0.29, 0.717) is 38.0 Å². The van der Waals surface area contributed by atoms with Gasteiger partial charge in [-0.25, -0.2) is 13.4 Å². The number of amides is 3. The molecule has 5 atom stereocenters. The van der Waals surface area contributed by atoms with Crippen LogP contribution in [-0.2, 0) is 30.8 Å². The van der Waals surface area contributed by atoms with Crippen LogP contribution in [0, 0.1) is 5.92 Å². The van der Waals surface area contributed by atoms with Gasteiger partial charge in [0.05, 0.1) is 35.7 Å². The van der Waals surface area contributed by atoms with E-state index in [4.69, 9.17) is 20.2 Å². The molecule has 3 amide bonds. The molecule has 1 saturated heterocycles. The van der Waals surface area contributed by atoms with Crippen LogP contribution in [0.1, 0.15) is 101 Å². The van der Waals surface area contributed by atoms with Crippen molar-refractivity contribution in [3.63, 3.8) is 0 Å². The van der Waals surface area contributed by atoms with Crippen molar-refractivity contribution in [1.82, 2.24) is 19.9 Å². The van der Waals surface area contributed by atoms with Crippen molar-refractivity contribution in [2.24, 2.45) is 11.7 Å². The maximum atomic E-state index is 14.4. The Balaban J connectivity index is 1.13. The number of rotatable bonds is 5. The Bertz CT molecular complexity index is 1910. The zero-order chi connectivity index (χ0) is 35.1. The van der Waals surface area contributed by atoms with Gasteiger partial charge in [-0.1, -0.05) is 25.0 Å². The Hall–Kier alpha value is -3.71. The SMILES string of the molecule is COc1ccc2nc(C3CC3)c3c(c2c1)CC[C@]1(C[C@H]2C(=O)N[C@]4(C(=O)NS(=O)(=O)C5(C)CC5)C[C@H]4/C=C\CCCCC[C@H](N)C(=O)N2C1)O3. The Morgan fingerprint density at radius 1 is 1.12 bits per heavy atom. The van der Waals surface area contributed by atoms with Gasteiger partial charge in [-0.3, -0.25) is 19.1 Å². The highest BCUT2D eigenvalue weighted by molar-refractivity contribution is 7.91. The van der Waals surface area contributed by atoms with Gasteiger partial charge in [0.1, 0.15) is 28.7 Å². The molecule has 1 aromatic heterocycles. The smallest absolute Gasteiger partial charge is 0.259 e. The fourth-order valence-corrected chi connectivity index (χ4v) is 9.50. The third-order valence-electron chi connectivity index (χ3n) is 12.0. The van der Waals surface area contributed by atoms with Crippen LogP contribution in [0.5, 0.6) is 11.5 Å². The van der Waals surface area contributed by atoms with Gasteiger partial charge in [-0.15, -0.1) is 0 Å². The molecular formula is C37H47N5O7S. The molecule has 4 heterocycles. The van der Waals surface area contributed by atoms with Crippen molar-refractivity contribution >= 4 is 38.6 Å². The summed E-state index contributed by atoms with van der Waals surface area (Å²) in [5.74, 6) is -0.153. The highest BCUT2D eigenvalue weighted by Gasteiger charge is 2.64. The first kappa shape index (κ1) is 33.4. The predicted molar refractivity (Wildman–Crippen MR) is 186 cm³/mol. The summed E-state index contributed by atoms with van der Waals surface area (Å²) in [4.78, 5) is 48.9. The number of nitrogens with zero attached hydrogens (tertiary/aromatic N) is 2. The molecule has 12 nitrogen and oxygen atoms in total. The van der Waals surface area contributed by atoms with E-state index >= 15 is 0 Å². The minimum Gasteiger partial charge on any atom is -0.497 e. The standard InChI is InChI=1S/C37H47N5O7S/c1-35(16-17-35)50(46,47)41-34(45)37-19-23(37)8-6-4-3-5-7-9-27(38)33(44)42-21-36(20-29(42)32(43)40-37)15-14-25-26-18-24(48-2)12-13-28(26)39-30(22-10-11-22)31(25)49-36/h6,8,12-13,18,22-23,27,29H,3-5,7,9-11,14-17,19-21,38H2,1-2H3,(H,40,43)(H,41,45)/b8-6-/t23-,27+,29+,36-,37-/m1/s1. The number of ether oxygens (including phenoxy) is 2. The van der Waals surface area contributed by atoms with Gasteiger partial charge in [0, 0.05) is 29.2 Å². The quantitative estimate of drug-likeness (QED) is 0.394.